The topological polar surface area (TPSA) is 388 Å². The number of nitrogen functional groups attached to an aromatic ring is 1. The summed E-state index contributed by atoms with van der Waals surface area (Å²) < 4.78 is 17.4. The molecule has 0 saturated carbocycles. The lowest BCUT2D eigenvalue weighted by Gasteiger charge is -2.41. The highest BCUT2D eigenvalue weighted by Gasteiger charge is 2.43. The fourth-order valence-electron chi connectivity index (χ4n) is 9.23. The smallest absolute Gasteiger partial charge is 0.311 e. The third kappa shape index (κ3) is 25.7. The number of hydrogen-bond acceptors (Lipinski definition) is 20. The van der Waals surface area contributed by atoms with Crippen LogP contribution < -0.4 is 11.5 Å². The zero-order valence-electron chi connectivity index (χ0n) is 45.1. The van der Waals surface area contributed by atoms with Crippen molar-refractivity contribution in [1.29, 1.82) is 0 Å². The van der Waals surface area contributed by atoms with Crippen LogP contribution in [0.2, 0.25) is 0 Å². The Morgan fingerprint density at radius 3 is 1.67 bits per heavy atom. The molecule has 18 atom stereocenters. The molecule has 1 saturated heterocycles. The summed E-state index contributed by atoms with van der Waals surface area (Å²) in [6.07, 6.45) is 0.194. The molecule has 0 amide bonds. The molecule has 21 heteroatoms. The number of aliphatic hydroxyl groups excluding tert-OH is 10. The molecule has 13 unspecified atom stereocenters. The minimum absolute atomic E-state index is 0.135. The van der Waals surface area contributed by atoms with Crippen LogP contribution in [0.3, 0.4) is 0 Å². The van der Waals surface area contributed by atoms with Crippen molar-refractivity contribution in [1.82, 2.24) is 0 Å². The van der Waals surface area contributed by atoms with Crippen molar-refractivity contribution in [2.24, 2.45) is 23.5 Å². The molecule has 0 aliphatic carbocycles. The molecule has 0 spiro atoms. The Labute approximate surface area is 461 Å². The molecular formula is C58H84N2O19. The Bertz CT molecular complexity index is 2260. The fourth-order valence-corrected chi connectivity index (χ4v) is 9.23. The third-order valence-corrected chi connectivity index (χ3v) is 13.6. The largest absolute Gasteiger partial charge is 0.481 e. The van der Waals surface area contributed by atoms with Gasteiger partial charge in [0.1, 0.15) is 29.7 Å². The van der Waals surface area contributed by atoms with Gasteiger partial charge in [0.15, 0.2) is 12.1 Å². The monoisotopic (exact) mass is 1110 g/mol. The second-order valence-corrected chi connectivity index (χ2v) is 20.7. The molecule has 0 radical (unpaired) electrons. The molecule has 1 fully saturated rings. The number of aliphatic hydroxyl groups is 10. The van der Waals surface area contributed by atoms with Crippen LogP contribution in [0.5, 0.6) is 0 Å². The van der Waals surface area contributed by atoms with Crippen LogP contribution >= 0.6 is 0 Å². The Morgan fingerprint density at radius 2 is 1.13 bits per heavy atom. The maximum absolute atomic E-state index is 13.3. The summed E-state index contributed by atoms with van der Waals surface area (Å²) in [5, 5.41) is 117. The normalized spacial score (nSPS) is 36.2. The van der Waals surface area contributed by atoms with E-state index in [2.05, 4.69) is 0 Å². The lowest BCUT2D eigenvalue weighted by molar-refractivity contribution is -0.277. The summed E-state index contributed by atoms with van der Waals surface area (Å²) in [4.78, 5) is 64.3. The number of anilines is 1. The number of cyclic esters (lactones) is 1. The first-order valence-corrected chi connectivity index (χ1v) is 26.7. The van der Waals surface area contributed by atoms with Gasteiger partial charge in [0.2, 0.25) is 0 Å². The van der Waals surface area contributed by atoms with Crippen LogP contribution in [0, 0.1) is 17.8 Å². The first kappa shape index (κ1) is 67.9. The van der Waals surface area contributed by atoms with E-state index in [0.29, 0.717) is 17.7 Å². The quantitative estimate of drug-likeness (QED) is 0.0906. The molecule has 1 aromatic rings. The first-order chi connectivity index (χ1) is 37.3. The zero-order valence-corrected chi connectivity index (χ0v) is 45.1. The van der Waals surface area contributed by atoms with E-state index in [9.17, 15) is 80.1 Å². The Balaban J connectivity index is 1.83. The van der Waals surface area contributed by atoms with Gasteiger partial charge in [-0.2, -0.15) is 0 Å². The van der Waals surface area contributed by atoms with Crippen LogP contribution in [0.4, 0.5) is 5.69 Å². The number of ether oxygens (including phenoxy) is 3. The molecule has 2 aliphatic rings. The number of rotatable bonds is 10. The minimum Gasteiger partial charge on any atom is -0.481 e. The fraction of sp³-hybridized carbons (Fsp3) is 0.569. The van der Waals surface area contributed by atoms with E-state index >= 15 is 0 Å². The van der Waals surface area contributed by atoms with E-state index in [-0.39, 0.29) is 30.5 Å². The maximum Gasteiger partial charge on any atom is 0.311 e. The van der Waals surface area contributed by atoms with E-state index < -0.39 is 179 Å². The number of carbonyl (C=O) groups is 5. The molecular weight excluding hydrogens is 1030 g/mol. The van der Waals surface area contributed by atoms with Crippen LogP contribution in [0.15, 0.2) is 109 Å². The number of carboxylic acid groups (broad SMARTS) is 1. The Morgan fingerprint density at radius 1 is 0.633 bits per heavy atom. The summed E-state index contributed by atoms with van der Waals surface area (Å²) in [5.74, 6) is -6.88. The van der Waals surface area contributed by atoms with Gasteiger partial charge in [-0.05, 0) is 69.2 Å². The molecule has 0 aromatic heterocycles. The van der Waals surface area contributed by atoms with Crippen molar-refractivity contribution < 1.29 is 94.4 Å². The number of ketones is 3. The molecule has 79 heavy (non-hydrogen) atoms. The van der Waals surface area contributed by atoms with Gasteiger partial charge in [0, 0.05) is 55.7 Å². The number of aliphatic carboxylic acids is 1. The molecule has 21 nitrogen and oxygen atoms in total. The van der Waals surface area contributed by atoms with Gasteiger partial charge in [-0.15, -0.1) is 0 Å². The van der Waals surface area contributed by atoms with Gasteiger partial charge in [-0.3, -0.25) is 24.0 Å². The van der Waals surface area contributed by atoms with Gasteiger partial charge in [0.25, 0.3) is 0 Å². The van der Waals surface area contributed by atoms with Crippen molar-refractivity contribution >= 4 is 35.0 Å². The van der Waals surface area contributed by atoms with Crippen molar-refractivity contribution in [3.8, 4) is 0 Å². The summed E-state index contributed by atoms with van der Waals surface area (Å²) in [7, 11) is 0. The number of Topliss-reactive ketones (excluding diaryl/α,β-unsaturated/α-hetero) is 3. The second-order valence-electron chi connectivity index (χ2n) is 20.7. The standard InChI is InChI=1S/C58H84N2O19/c1-34-16-14-12-10-8-6-4-5-7-9-11-13-15-17-47(78-58-55(74)53(60)54(73)36(3)77-58)33-50(71)52(57(75)76)49(70)31-45(67)28-43(65)26-41(63)24-40(62)25-42(64)27-44(66)29-46(68)32-51(72)79-56(34)35(2)18-23-39(61)30-48(69)37-19-21-38(59)22-20-37/h4-17,19-22,34-36,39-43,46-47,49-50,52-56,58,61-65,68,70-71,73-74H,18,23-33,59-60H2,1-3H3,(H,75,76)/b5-4+,8-6+,9-7+,12-10+,13-11+,16-14+,17-15+/t34?,35?,36-,39?,40?,41?,42?,43?,46?,47?,49?,50?,52?,53-,54+,55-,56?,58+/m1/s1. The number of hydrogen-bond donors (Lipinski definition) is 13. The minimum atomic E-state index is -1.97. The average Bonchev–Trinajstić information content (AvgIpc) is 3.35. The third-order valence-electron chi connectivity index (χ3n) is 13.6. The SMILES string of the molecule is CC1/C=C/C=C/C=C/C=C/C=C/C=C/C=C/C(O[C@@H]2O[C@H](C)[C@H](O)[C@@H](N)[C@H]2O)CC(O)C(C(=O)O)C(O)CC(=O)CC(O)CC(O)CC(O)CC(O)CC(=O)CC(O)CC(=O)OC1C(C)CCC(O)CC(=O)c1ccc(N)cc1. The number of carboxylic acids is 1. The molecule has 440 valence electrons. The highest BCUT2D eigenvalue weighted by atomic mass is 16.7. The van der Waals surface area contributed by atoms with E-state index in [1.165, 1.54) is 19.1 Å². The van der Waals surface area contributed by atoms with Crippen molar-refractivity contribution in [2.45, 2.75) is 190 Å². The molecule has 0 bridgehead atoms. The molecule has 15 N–H and O–H groups in total. The first-order valence-electron chi connectivity index (χ1n) is 26.7. The summed E-state index contributed by atoms with van der Waals surface area (Å²) in [6.45, 7) is 5.16. The van der Waals surface area contributed by atoms with Crippen LogP contribution in [0.25, 0.3) is 0 Å². The Hall–Kier alpha value is -5.37. The van der Waals surface area contributed by atoms with Crippen molar-refractivity contribution in [3.05, 3.63) is 115 Å². The van der Waals surface area contributed by atoms with Gasteiger partial charge in [0.05, 0.1) is 79.6 Å². The lowest BCUT2D eigenvalue weighted by atomic mass is 9.88. The zero-order chi connectivity index (χ0) is 58.8. The number of benzene rings is 1. The number of nitrogens with two attached hydrogens (primary N) is 2. The second kappa shape index (κ2) is 35.4. The molecule has 2 heterocycles. The van der Waals surface area contributed by atoms with Crippen LogP contribution in [-0.2, 0) is 33.4 Å². The molecule has 1 aromatic carbocycles. The predicted molar refractivity (Wildman–Crippen MR) is 291 cm³/mol. The van der Waals surface area contributed by atoms with E-state index in [1.54, 1.807) is 91.1 Å². The number of carbonyl (C=O) groups excluding carboxylic acids is 4. The number of esters is 1. The Kier molecular flexibility index (Phi) is 30.4. The van der Waals surface area contributed by atoms with Gasteiger partial charge < -0.3 is 81.8 Å². The highest BCUT2D eigenvalue weighted by molar-refractivity contribution is 5.96. The van der Waals surface area contributed by atoms with Crippen LogP contribution in [0.1, 0.15) is 108 Å². The van der Waals surface area contributed by atoms with E-state index in [0.717, 1.165) is 0 Å². The van der Waals surface area contributed by atoms with Gasteiger partial charge >= 0.3 is 11.9 Å². The molecule has 3 rings (SSSR count). The van der Waals surface area contributed by atoms with Crippen LogP contribution in [-0.4, -0.2) is 177 Å². The lowest BCUT2D eigenvalue weighted by Crippen LogP contribution is -2.61. The average molecular weight is 1110 g/mol. The summed E-state index contributed by atoms with van der Waals surface area (Å²) in [6, 6.07) is 5.18. The van der Waals surface area contributed by atoms with Gasteiger partial charge in [-0.1, -0.05) is 98.9 Å². The predicted octanol–water partition coefficient (Wildman–Crippen LogP) is 2.13. The summed E-state index contributed by atoms with van der Waals surface area (Å²) >= 11 is 0. The van der Waals surface area contributed by atoms with Gasteiger partial charge in [-0.25, -0.2) is 0 Å². The van der Waals surface area contributed by atoms with Crippen molar-refractivity contribution in [2.75, 3.05) is 5.73 Å². The number of allylic oxidation sites excluding steroid dienone is 12. The molecule has 2 aliphatic heterocycles. The van der Waals surface area contributed by atoms with Crippen molar-refractivity contribution in [3.63, 3.8) is 0 Å². The summed E-state index contributed by atoms with van der Waals surface area (Å²) in [5.41, 5.74) is 12.6. The van der Waals surface area contributed by atoms with E-state index in [4.69, 9.17) is 25.7 Å². The maximum atomic E-state index is 13.3. The highest BCUT2D eigenvalue weighted by Crippen LogP contribution is 2.28. The van der Waals surface area contributed by atoms with E-state index in [1.807, 2.05) is 19.9 Å².